The predicted molar refractivity (Wildman–Crippen MR) is 44.2 cm³/mol. The Balaban J connectivity index is 3.00. The van der Waals surface area contributed by atoms with E-state index >= 15 is 0 Å². The van der Waals surface area contributed by atoms with Gasteiger partial charge in [0.1, 0.15) is 5.75 Å². The molecule has 0 unspecified atom stereocenters. The monoisotopic (exact) mass is 224 g/mol. The predicted octanol–water partition coefficient (Wildman–Crippen LogP) is 2.96. The van der Waals surface area contributed by atoms with Gasteiger partial charge in [-0.15, -0.1) is 0 Å². The maximum absolute atomic E-state index is 13.0. The fourth-order valence-corrected chi connectivity index (χ4v) is 0.972. The van der Waals surface area contributed by atoms with E-state index in [1.807, 2.05) is 0 Å². The molecule has 0 bridgehead atoms. The van der Waals surface area contributed by atoms with Gasteiger partial charge >= 0.3 is 6.61 Å². The highest BCUT2D eigenvalue weighted by Crippen LogP contribution is 2.27. The summed E-state index contributed by atoms with van der Waals surface area (Å²) in [4.78, 5) is 0. The summed E-state index contributed by atoms with van der Waals surface area (Å²) in [6.07, 6.45) is 0. The van der Waals surface area contributed by atoms with Gasteiger partial charge in [0.15, 0.2) is 11.6 Å². The van der Waals surface area contributed by atoms with Gasteiger partial charge < -0.3 is 9.47 Å². The van der Waals surface area contributed by atoms with Gasteiger partial charge in [0.05, 0.1) is 6.61 Å². The second kappa shape index (κ2) is 4.86. The number of benzene rings is 1. The summed E-state index contributed by atoms with van der Waals surface area (Å²) in [5.74, 6) is -3.45. The van der Waals surface area contributed by atoms with Crippen LogP contribution in [0.25, 0.3) is 0 Å². The molecule has 1 aromatic rings. The van der Waals surface area contributed by atoms with Crippen LogP contribution in [-0.4, -0.2) is 13.2 Å². The van der Waals surface area contributed by atoms with Crippen LogP contribution in [0, 0.1) is 11.6 Å². The Morgan fingerprint density at radius 3 is 2.47 bits per heavy atom. The minimum absolute atomic E-state index is 0.0918. The molecular formula is C9H8F4O2. The van der Waals surface area contributed by atoms with Crippen LogP contribution in [0.2, 0.25) is 0 Å². The molecule has 0 atom stereocenters. The van der Waals surface area contributed by atoms with Crippen molar-refractivity contribution < 1.29 is 27.0 Å². The molecule has 0 radical (unpaired) electrons. The lowest BCUT2D eigenvalue weighted by Crippen LogP contribution is -2.04. The van der Waals surface area contributed by atoms with Crippen molar-refractivity contribution >= 4 is 0 Å². The molecule has 0 N–H and O–H groups in total. The molecular weight excluding hydrogens is 216 g/mol. The minimum atomic E-state index is -3.09. The standard InChI is InChI=1S/C9H8F4O2/c1-2-14-7-4-5(15-9(12)13)3-6(10)8(7)11/h3-4,9H,2H2,1H3. The van der Waals surface area contributed by atoms with E-state index in [9.17, 15) is 17.6 Å². The molecule has 2 nitrogen and oxygen atoms in total. The van der Waals surface area contributed by atoms with E-state index < -0.39 is 29.7 Å². The Bertz CT molecular complexity index is 341. The van der Waals surface area contributed by atoms with Crippen molar-refractivity contribution in [2.45, 2.75) is 13.5 Å². The van der Waals surface area contributed by atoms with Crippen LogP contribution >= 0.6 is 0 Å². The van der Waals surface area contributed by atoms with Gasteiger partial charge in [0.2, 0.25) is 5.82 Å². The van der Waals surface area contributed by atoms with Crippen molar-refractivity contribution in [3.63, 3.8) is 0 Å². The van der Waals surface area contributed by atoms with Crippen LogP contribution in [0.4, 0.5) is 17.6 Å². The molecule has 0 saturated heterocycles. The molecule has 0 fully saturated rings. The molecule has 0 saturated carbocycles. The van der Waals surface area contributed by atoms with Gasteiger partial charge in [0.25, 0.3) is 0 Å². The third kappa shape index (κ3) is 3.00. The van der Waals surface area contributed by atoms with Crippen molar-refractivity contribution in [2.75, 3.05) is 6.61 Å². The van der Waals surface area contributed by atoms with Crippen LogP contribution in [0.15, 0.2) is 12.1 Å². The summed E-state index contributed by atoms with van der Waals surface area (Å²) in [5.41, 5.74) is 0. The number of hydrogen-bond acceptors (Lipinski definition) is 2. The molecule has 0 aliphatic heterocycles. The molecule has 0 aliphatic rings. The van der Waals surface area contributed by atoms with E-state index in [2.05, 4.69) is 4.74 Å². The van der Waals surface area contributed by atoms with Crippen LogP contribution in [0.1, 0.15) is 6.92 Å². The van der Waals surface area contributed by atoms with Crippen LogP contribution < -0.4 is 9.47 Å². The lowest BCUT2D eigenvalue weighted by Gasteiger charge is -2.09. The van der Waals surface area contributed by atoms with Crippen LogP contribution in [-0.2, 0) is 0 Å². The second-order valence-electron chi connectivity index (χ2n) is 2.53. The van der Waals surface area contributed by atoms with Gasteiger partial charge in [-0.2, -0.15) is 13.2 Å². The number of alkyl halides is 2. The van der Waals surface area contributed by atoms with E-state index in [0.29, 0.717) is 6.07 Å². The van der Waals surface area contributed by atoms with Crippen molar-refractivity contribution in [1.82, 2.24) is 0 Å². The zero-order valence-corrected chi connectivity index (χ0v) is 7.77. The van der Waals surface area contributed by atoms with Crippen molar-refractivity contribution in [2.24, 2.45) is 0 Å². The lowest BCUT2D eigenvalue weighted by atomic mass is 10.3. The van der Waals surface area contributed by atoms with Gasteiger partial charge in [-0.05, 0) is 6.92 Å². The van der Waals surface area contributed by atoms with Crippen molar-refractivity contribution in [1.29, 1.82) is 0 Å². The highest BCUT2D eigenvalue weighted by atomic mass is 19.3. The first-order chi connectivity index (χ1) is 7.04. The summed E-state index contributed by atoms with van der Waals surface area (Å²) in [5, 5.41) is 0. The third-order valence-corrected chi connectivity index (χ3v) is 1.49. The van der Waals surface area contributed by atoms with Crippen LogP contribution in [0.5, 0.6) is 11.5 Å². The van der Waals surface area contributed by atoms with E-state index in [-0.39, 0.29) is 6.61 Å². The largest absolute Gasteiger partial charge is 0.491 e. The maximum Gasteiger partial charge on any atom is 0.387 e. The third-order valence-electron chi connectivity index (χ3n) is 1.49. The second-order valence-corrected chi connectivity index (χ2v) is 2.53. The molecule has 0 amide bonds. The van der Waals surface area contributed by atoms with E-state index in [1.165, 1.54) is 0 Å². The van der Waals surface area contributed by atoms with Gasteiger partial charge in [0, 0.05) is 12.1 Å². The average molecular weight is 224 g/mol. The summed E-state index contributed by atoms with van der Waals surface area (Å²) >= 11 is 0. The number of hydrogen-bond donors (Lipinski definition) is 0. The molecule has 84 valence electrons. The van der Waals surface area contributed by atoms with E-state index in [4.69, 9.17) is 4.74 Å². The lowest BCUT2D eigenvalue weighted by molar-refractivity contribution is -0.0501. The Kier molecular flexibility index (Phi) is 3.76. The zero-order valence-electron chi connectivity index (χ0n) is 7.77. The number of rotatable bonds is 4. The first-order valence-electron chi connectivity index (χ1n) is 4.11. The number of ether oxygens (including phenoxy) is 2. The SMILES string of the molecule is CCOc1cc(OC(F)F)cc(F)c1F. The molecule has 1 rings (SSSR count). The van der Waals surface area contributed by atoms with Gasteiger partial charge in [-0.1, -0.05) is 0 Å². The molecule has 0 aliphatic carbocycles. The Morgan fingerprint density at radius 1 is 1.27 bits per heavy atom. The fraction of sp³-hybridized carbons (Fsp3) is 0.333. The molecule has 0 heterocycles. The fourth-order valence-electron chi connectivity index (χ4n) is 0.972. The van der Waals surface area contributed by atoms with Gasteiger partial charge in [-0.3, -0.25) is 0 Å². The molecule has 1 aromatic carbocycles. The van der Waals surface area contributed by atoms with E-state index in [0.717, 1.165) is 6.07 Å². The first kappa shape index (κ1) is 11.6. The summed E-state index contributed by atoms with van der Waals surface area (Å²) in [6.45, 7) is -1.45. The minimum Gasteiger partial charge on any atom is -0.491 e. The smallest absolute Gasteiger partial charge is 0.387 e. The average Bonchev–Trinajstić information content (AvgIpc) is 2.12. The molecule has 6 heteroatoms. The van der Waals surface area contributed by atoms with E-state index in [1.54, 1.807) is 6.92 Å². The Labute approximate surface area is 83.4 Å². The number of halogens is 4. The topological polar surface area (TPSA) is 18.5 Å². The molecule has 0 aromatic heterocycles. The normalized spacial score (nSPS) is 10.5. The maximum atomic E-state index is 13.0. The van der Waals surface area contributed by atoms with Crippen molar-refractivity contribution in [3.8, 4) is 11.5 Å². The molecule has 0 spiro atoms. The van der Waals surface area contributed by atoms with Crippen LogP contribution in [0.3, 0.4) is 0 Å². The summed E-state index contributed by atoms with van der Waals surface area (Å²) < 4.78 is 58.0. The van der Waals surface area contributed by atoms with Crippen molar-refractivity contribution in [3.05, 3.63) is 23.8 Å². The van der Waals surface area contributed by atoms with Gasteiger partial charge in [-0.25, -0.2) is 4.39 Å². The quantitative estimate of drug-likeness (QED) is 0.732. The summed E-state index contributed by atoms with van der Waals surface area (Å²) in [6, 6.07) is 1.40. The molecule has 15 heavy (non-hydrogen) atoms. The first-order valence-corrected chi connectivity index (χ1v) is 4.11. The summed E-state index contributed by atoms with van der Waals surface area (Å²) in [7, 11) is 0. The highest BCUT2D eigenvalue weighted by Gasteiger charge is 2.14. The Hall–Kier alpha value is -1.46. The zero-order chi connectivity index (χ0) is 11.4. The highest BCUT2D eigenvalue weighted by molar-refractivity contribution is 5.35. The Morgan fingerprint density at radius 2 is 1.93 bits per heavy atom.